The summed E-state index contributed by atoms with van der Waals surface area (Å²) in [7, 11) is 0. The molecule has 1 aliphatic heterocycles. The van der Waals surface area contributed by atoms with Gasteiger partial charge in [-0.25, -0.2) is 4.79 Å². The van der Waals surface area contributed by atoms with Crippen LogP contribution < -0.4 is 10.2 Å². The number of benzene rings is 1. The highest BCUT2D eigenvalue weighted by Crippen LogP contribution is 2.33. The monoisotopic (exact) mass is 286 g/mol. The molecule has 1 amide bonds. The van der Waals surface area contributed by atoms with E-state index in [1.54, 1.807) is 0 Å². The van der Waals surface area contributed by atoms with Crippen LogP contribution in [0.2, 0.25) is 0 Å². The van der Waals surface area contributed by atoms with Gasteiger partial charge in [0.1, 0.15) is 5.60 Å². The molecule has 1 aromatic carbocycles. The van der Waals surface area contributed by atoms with Crippen molar-refractivity contribution in [3.8, 4) is 12.3 Å². The van der Waals surface area contributed by atoms with Gasteiger partial charge >= 0.3 is 6.09 Å². The zero-order chi connectivity index (χ0) is 15.5. The number of terminal acetylenes is 1. The lowest BCUT2D eigenvalue weighted by Crippen LogP contribution is -2.40. The summed E-state index contributed by atoms with van der Waals surface area (Å²) in [6.45, 7) is 6.97. The van der Waals surface area contributed by atoms with E-state index in [0.29, 0.717) is 6.54 Å². The molecule has 1 aliphatic rings. The highest BCUT2D eigenvalue weighted by Gasteiger charge is 2.27. The maximum absolute atomic E-state index is 12.0. The van der Waals surface area contributed by atoms with Crippen LogP contribution in [0.3, 0.4) is 0 Å². The molecular weight excluding hydrogens is 264 g/mol. The van der Waals surface area contributed by atoms with Crippen LogP contribution in [0.4, 0.5) is 10.5 Å². The van der Waals surface area contributed by atoms with Crippen molar-refractivity contribution in [3.05, 3.63) is 29.8 Å². The minimum Gasteiger partial charge on any atom is -0.444 e. The van der Waals surface area contributed by atoms with Crippen molar-refractivity contribution >= 4 is 11.8 Å². The lowest BCUT2D eigenvalue weighted by Gasteiger charge is -2.35. The number of alkyl carbamates (subject to hydrolysis) is 1. The fraction of sp³-hybridized carbons (Fsp3) is 0.471. The Balaban J connectivity index is 2.14. The van der Waals surface area contributed by atoms with E-state index in [1.165, 1.54) is 0 Å². The third-order valence-electron chi connectivity index (χ3n) is 3.31. The quantitative estimate of drug-likeness (QED) is 0.849. The van der Waals surface area contributed by atoms with Gasteiger partial charge in [-0.3, -0.25) is 0 Å². The Morgan fingerprint density at radius 2 is 2.19 bits per heavy atom. The first-order valence-electron chi connectivity index (χ1n) is 7.17. The molecule has 1 N–H and O–H groups in total. The van der Waals surface area contributed by atoms with Gasteiger partial charge in [0.2, 0.25) is 0 Å². The van der Waals surface area contributed by atoms with Gasteiger partial charge in [-0.1, -0.05) is 24.1 Å². The van der Waals surface area contributed by atoms with Gasteiger partial charge in [-0.05, 0) is 38.8 Å². The van der Waals surface area contributed by atoms with E-state index in [9.17, 15) is 4.79 Å². The van der Waals surface area contributed by atoms with Gasteiger partial charge in [0.15, 0.2) is 0 Å². The van der Waals surface area contributed by atoms with Crippen LogP contribution in [-0.2, 0) is 4.74 Å². The maximum Gasteiger partial charge on any atom is 0.408 e. The molecule has 0 saturated carbocycles. The lowest BCUT2D eigenvalue weighted by atomic mass is 9.96. The molecular formula is C17H22N2O2. The van der Waals surface area contributed by atoms with E-state index in [1.807, 2.05) is 45.0 Å². The zero-order valence-corrected chi connectivity index (χ0v) is 12.8. The van der Waals surface area contributed by atoms with Crippen molar-refractivity contribution in [2.45, 2.75) is 38.8 Å². The number of carbonyl (C=O) groups is 1. The van der Waals surface area contributed by atoms with Crippen molar-refractivity contribution < 1.29 is 9.53 Å². The van der Waals surface area contributed by atoms with Gasteiger partial charge < -0.3 is 15.0 Å². The van der Waals surface area contributed by atoms with Crippen molar-refractivity contribution in [2.24, 2.45) is 0 Å². The number of nitrogens with zero attached hydrogens (tertiary/aromatic N) is 1. The van der Waals surface area contributed by atoms with Crippen molar-refractivity contribution in [2.75, 3.05) is 18.0 Å². The van der Waals surface area contributed by atoms with Crippen LogP contribution >= 0.6 is 0 Å². The predicted octanol–water partition coefficient (Wildman–Crippen LogP) is 3.10. The number of nitrogens with one attached hydrogen (secondary N) is 1. The minimum absolute atomic E-state index is 0.0370. The molecule has 0 spiro atoms. The molecule has 0 bridgehead atoms. The van der Waals surface area contributed by atoms with Gasteiger partial charge in [-0.15, -0.1) is 6.42 Å². The highest BCUT2D eigenvalue weighted by molar-refractivity contribution is 5.70. The zero-order valence-electron chi connectivity index (χ0n) is 12.8. The minimum atomic E-state index is -0.492. The molecule has 1 unspecified atom stereocenters. The Hall–Kier alpha value is -2.15. The second-order valence-corrected chi connectivity index (χ2v) is 6.17. The number of hydrogen-bond donors (Lipinski definition) is 1. The average molecular weight is 286 g/mol. The number of amides is 1. The summed E-state index contributed by atoms with van der Waals surface area (Å²) in [4.78, 5) is 14.1. The molecule has 0 radical (unpaired) electrons. The third kappa shape index (κ3) is 3.91. The number of ether oxygens (including phenoxy) is 1. The fourth-order valence-corrected chi connectivity index (χ4v) is 2.51. The van der Waals surface area contributed by atoms with E-state index in [0.717, 1.165) is 24.2 Å². The predicted molar refractivity (Wildman–Crippen MR) is 84.2 cm³/mol. The fourth-order valence-electron chi connectivity index (χ4n) is 2.51. The van der Waals surface area contributed by atoms with Crippen molar-refractivity contribution in [1.29, 1.82) is 0 Å². The molecule has 0 aromatic heterocycles. The van der Waals surface area contributed by atoms with Gasteiger partial charge in [-0.2, -0.15) is 0 Å². The van der Waals surface area contributed by atoms with Gasteiger partial charge in [0.25, 0.3) is 0 Å². The number of rotatable bonds is 2. The third-order valence-corrected chi connectivity index (χ3v) is 3.31. The van der Waals surface area contributed by atoms with Crippen molar-refractivity contribution in [1.82, 2.24) is 5.32 Å². The van der Waals surface area contributed by atoms with Gasteiger partial charge in [0, 0.05) is 12.2 Å². The molecule has 112 valence electrons. The number of anilines is 1. The molecule has 1 heterocycles. The summed E-state index contributed by atoms with van der Waals surface area (Å²) in [6.07, 6.45) is 5.86. The smallest absolute Gasteiger partial charge is 0.408 e. The molecule has 1 atom stereocenters. The second kappa shape index (κ2) is 6.09. The topological polar surface area (TPSA) is 41.6 Å². The number of hydrogen-bond acceptors (Lipinski definition) is 3. The number of fused-ring (bicyclic) bond motifs is 1. The molecule has 1 aromatic rings. The van der Waals surface area contributed by atoms with Crippen LogP contribution in [0.15, 0.2) is 24.3 Å². The van der Waals surface area contributed by atoms with E-state index < -0.39 is 5.60 Å². The molecule has 4 heteroatoms. The van der Waals surface area contributed by atoms with Crippen LogP contribution in [0.1, 0.15) is 38.8 Å². The Morgan fingerprint density at radius 3 is 2.86 bits per heavy atom. The van der Waals surface area contributed by atoms with E-state index in [4.69, 9.17) is 11.2 Å². The first-order valence-corrected chi connectivity index (χ1v) is 7.17. The summed E-state index contributed by atoms with van der Waals surface area (Å²) in [5.41, 5.74) is 1.68. The van der Waals surface area contributed by atoms with Gasteiger partial charge in [0.05, 0.1) is 12.6 Å². The lowest BCUT2D eigenvalue weighted by molar-refractivity contribution is 0.0500. The molecule has 4 nitrogen and oxygen atoms in total. The first-order chi connectivity index (χ1) is 9.90. The molecule has 0 saturated heterocycles. The Kier molecular flexibility index (Phi) is 4.42. The molecule has 2 rings (SSSR count). The summed E-state index contributed by atoms with van der Waals surface area (Å²) in [6, 6.07) is 7.99. The second-order valence-electron chi connectivity index (χ2n) is 6.17. The van der Waals surface area contributed by atoms with Crippen LogP contribution in [0.25, 0.3) is 0 Å². The summed E-state index contributed by atoms with van der Waals surface area (Å²) in [5, 5.41) is 2.95. The normalized spacial score (nSPS) is 17.6. The highest BCUT2D eigenvalue weighted by atomic mass is 16.6. The SMILES string of the molecule is C#CCN1CCC(NC(=O)OC(C)(C)C)c2ccccc21. The maximum atomic E-state index is 12.0. The van der Waals surface area contributed by atoms with Crippen LogP contribution in [0.5, 0.6) is 0 Å². The van der Waals surface area contributed by atoms with Crippen LogP contribution in [0, 0.1) is 12.3 Å². The Bertz CT molecular complexity index is 555. The average Bonchev–Trinajstić information content (AvgIpc) is 2.40. The number of carbonyl (C=O) groups excluding carboxylic acids is 1. The Labute approximate surface area is 126 Å². The molecule has 0 aliphatic carbocycles. The Morgan fingerprint density at radius 1 is 1.48 bits per heavy atom. The summed E-state index contributed by atoms with van der Waals surface area (Å²) in [5.74, 6) is 2.68. The summed E-state index contributed by atoms with van der Waals surface area (Å²) >= 11 is 0. The van der Waals surface area contributed by atoms with Crippen LogP contribution in [-0.4, -0.2) is 24.8 Å². The standard InChI is InChI=1S/C17H22N2O2/c1-5-11-19-12-10-14(13-8-6-7-9-15(13)19)18-16(20)21-17(2,3)4/h1,6-9,14H,10-12H2,2-4H3,(H,18,20). The van der Waals surface area contributed by atoms with E-state index >= 15 is 0 Å². The number of para-hydroxylation sites is 1. The molecule has 0 fully saturated rings. The largest absolute Gasteiger partial charge is 0.444 e. The first kappa shape index (κ1) is 15.2. The summed E-state index contributed by atoms with van der Waals surface area (Å²) < 4.78 is 5.33. The van der Waals surface area contributed by atoms with E-state index in [-0.39, 0.29) is 12.1 Å². The molecule has 21 heavy (non-hydrogen) atoms. The van der Waals surface area contributed by atoms with E-state index in [2.05, 4.69) is 16.1 Å². The van der Waals surface area contributed by atoms with Crippen molar-refractivity contribution in [3.63, 3.8) is 0 Å².